The number of hydrogen-bond donors (Lipinski definition) is 1. The van der Waals surface area contributed by atoms with Gasteiger partial charge in [0, 0.05) is 39.2 Å². The van der Waals surface area contributed by atoms with Gasteiger partial charge in [-0.15, -0.1) is 0 Å². The molecule has 0 aromatic heterocycles. The molecule has 1 aliphatic rings. The second kappa shape index (κ2) is 8.43. The molecule has 2 aromatic carbocycles. The van der Waals surface area contributed by atoms with E-state index in [1.807, 2.05) is 0 Å². The van der Waals surface area contributed by atoms with Crippen molar-refractivity contribution >= 4 is 23.4 Å². The van der Waals surface area contributed by atoms with Gasteiger partial charge >= 0.3 is 0 Å². The van der Waals surface area contributed by atoms with Gasteiger partial charge in [-0.05, 0) is 42.3 Å². The number of rotatable bonds is 5. The lowest BCUT2D eigenvalue weighted by Gasteiger charge is -2.22. The van der Waals surface area contributed by atoms with Crippen LogP contribution in [0.15, 0.2) is 42.5 Å². The number of carbonyl (C=O) groups is 3. The third kappa shape index (κ3) is 4.45. The second-order valence-electron chi connectivity index (χ2n) is 7.33. The highest BCUT2D eigenvalue weighted by Gasteiger charge is 2.37. The Morgan fingerprint density at radius 1 is 1.21 bits per heavy atom. The molecule has 29 heavy (non-hydrogen) atoms. The Morgan fingerprint density at radius 3 is 2.52 bits per heavy atom. The molecule has 1 aliphatic heterocycles. The zero-order valence-corrected chi connectivity index (χ0v) is 16.7. The normalized spacial score (nSPS) is 16.1. The Bertz CT molecular complexity index is 943. The number of nitrogens with one attached hydrogen (secondary N) is 1. The van der Waals surface area contributed by atoms with Gasteiger partial charge in [0.2, 0.25) is 11.8 Å². The van der Waals surface area contributed by atoms with Crippen LogP contribution in [-0.2, 0) is 16.1 Å². The first kappa shape index (κ1) is 20.5. The minimum absolute atomic E-state index is 0.0616. The van der Waals surface area contributed by atoms with Crippen LogP contribution < -0.4 is 10.2 Å². The van der Waals surface area contributed by atoms with E-state index in [4.69, 9.17) is 0 Å². The Kier molecular flexibility index (Phi) is 5.96. The van der Waals surface area contributed by atoms with Gasteiger partial charge in [0.05, 0.1) is 11.6 Å². The van der Waals surface area contributed by atoms with E-state index in [0.29, 0.717) is 12.1 Å². The van der Waals surface area contributed by atoms with Gasteiger partial charge in [0.1, 0.15) is 5.82 Å². The van der Waals surface area contributed by atoms with Crippen molar-refractivity contribution < 1.29 is 18.8 Å². The average molecular weight is 397 g/mol. The molecule has 1 saturated heterocycles. The molecule has 1 fully saturated rings. The van der Waals surface area contributed by atoms with Crippen LogP contribution in [0, 0.1) is 18.7 Å². The summed E-state index contributed by atoms with van der Waals surface area (Å²) in [5.74, 6) is -1.57. The predicted molar refractivity (Wildman–Crippen MR) is 108 cm³/mol. The molecule has 1 heterocycles. The third-order valence-electron chi connectivity index (χ3n) is 5.11. The number of benzene rings is 2. The Balaban J connectivity index is 1.65. The lowest BCUT2D eigenvalue weighted by Crippen LogP contribution is -2.34. The topological polar surface area (TPSA) is 69.7 Å². The molecule has 6 nitrogen and oxygen atoms in total. The monoisotopic (exact) mass is 397 g/mol. The first-order valence-electron chi connectivity index (χ1n) is 9.42. The molecule has 152 valence electrons. The zero-order chi connectivity index (χ0) is 21.1. The fourth-order valence-electron chi connectivity index (χ4n) is 3.51. The van der Waals surface area contributed by atoms with Crippen molar-refractivity contribution in [1.29, 1.82) is 0 Å². The molecular formula is C22H24FN3O3. The molecule has 0 aliphatic carbocycles. The molecule has 7 heteroatoms. The number of carbonyl (C=O) groups excluding carboxylic acids is 3. The molecule has 1 atom stereocenters. The van der Waals surface area contributed by atoms with E-state index >= 15 is 0 Å². The molecule has 0 saturated carbocycles. The number of anilines is 1. The average Bonchev–Trinajstić information content (AvgIpc) is 3.08. The highest BCUT2D eigenvalue weighted by molar-refractivity contribution is 6.00. The quantitative estimate of drug-likeness (QED) is 0.843. The van der Waals surface area contributed by atoms with Crippen molar-refractivity contribution in [3.8, 4) is 0 Å². The Hall–Kier alpha value is -3.22. The minimum Gasteiger partial charge on any atom is -0.355 e. The van der Waals surface area contributed by atoms with Crippen LogP contribution in [0.5, 0.6) is 0 Å². The van der Waals surface area contributed by atoms with E-state index in [9.17, 15) is 18.8 Å². The van der Waals surface area contributed by atoms with Crippen LogP contribution in [0.3, 0.4) is 0 Å². The van der Waals surface area contributed by atoms with E-state index < -0.39 is 11.7 Å². The molecule has 3 amide bonds. The molecule has 3 rings (SSSR count). The fourth-order valence-corrected chi connectivity index (χ4v) is 3.51. The van der Waals surface area contributed by atoms with Crippen molar-refractivity contribution in [3.63, 3.8) is 0 Å². The predicted octanol–water partition coefficient (Wildman–Crippen LogP) is 2.51. The van der Waals surface area contributed by atoms with E-state index in [-0.39, 0.29) is 36.4 Å². The Morgan fingerprint density at radius 2 is 1.90 bits per heavy atom. The van der Waals surface area contributed by atoms with Gasteiger partial charge in [-0.3, -0.25) is 14.4 Å². The maximum Gasteiger partial charge on any atom is 0.251 e. The van der Waals surface area contributed by atoms with E-state index in [2.05, 4.69) is 5.32 Å². The summed E-state index contributed by atoms with van der Waals surface area (Å²) in [4.78, 5) is 39.7. The largest absolute Gasteiger partial charge is 0.355 e. The maximum absolute atomic E-state index is 14.2. The van der Waals surface area contributed by atoms with Gasteiger partial charge in [-0.1, -0.05) is 18.2 Å². The SMILES string of the molecule is CNC(=O)c1ccc(CN(C)C(=O)C2CC(=O)N(c3ccc(C)cc3F)C2)cc1. The summed E-state index contributed by atoms with van der Waals surface area (Å²) in [6.07, 6.45) is 0.0616. The van der Waals surface area contributed by atoms with Gasteiger partial charge in [0.15, 0.2) is 0 Å². The van der Waals surface area contributed by atoms with Gasteiger partial charge < -0.3 is 15.1 Å². The number of nitrogens with zero attached hydrogens (tertiary/aromatic N) is 2. The summed E-state index contributed by atoms with van der Waals surface area (Å²) in [6, 6.07) is 11.7. The van der Waals surface area contributed by atoms with Crippen molar-refractivity contribution in [3.05, 3.63) is 65.0 Å². The molecule has 0 radical (unpaired) electrons. The second-order valence-corrected chi connectivity index (χ2v) is 7.33. The smallest absolute Gasteiger partial charge is 0.251 e. The van der Waals surface area contributed by atoms with E-state index in [0.717, 1.165) is 11.1 Å². The van der Waals surface area contributed by atoms with Gasteiger partial charge in [-0.2, -0.15) is 0 Å². The highest BCUT2D eigenvalue weighted by atomic mass is 19.1. The molecule has 1 N–H and O–H groups in total. The maximum atomic E-state index is 14.2. The zero-order valence-electron chi connectivity index (χ0n) is 16.7. The van der Waals surface area contributed by atoms with E-state index in [1.54, 1.807) is 62.3 Å². The molecule has 2 aromatic rings. The lowest BCUT2D eigenvalue weighted by atomic mass is 10.1. The summed E-state index contributed by atoms with van der Waals surface area (Å²) < 4.78 is 14.2. The summed E-state index contributed by atoms with van der Waals surface area (Å²) in [5, 5.41) is 2.56. The van der Waals surface area contributed by atoms with Crippen LogP contribution in [0.25, 0.3) is 0 Å². The Labute approximate surface area is 169 Å². The summed E-state index contributed by atoms with van der Waals surface area (Å²) in [5.41, 5.74) is 2.40. The molecular weight excluding hydrogens is 373 g/mol. The standard InChI is InChI=1S/C22H24FN3O3/c1-14-4-9-19(18(23)10-14)26-13-17(11-20(26)27)22(29)25(3)12-15-5-7-16(8-6-15)21(28)24-2/h4-10,17H,11-13H2,1-3H3,(H,24,28). The van der Waals surface area contributed by atoms with Crippen molar-refractivity contribution in [2.24, 2.45) is 5.92 Å². The van der Waals surface area contributed by atoms with Crippen LogP contribution in [0.1, 0.15) is 27.9 Å². The molecule has 1 unspecified atom stereocenters. The fraction of sp³-hybridized carbons (Fsp3) is 0.318. The minimum atomic E-state index is -0.515. The summed E-state index contributed by atoms with van der Waals surface area (Å²) in [6.45, 7) is 2.30. The first-order valence-corrected chi connectivity index (χ1v) is 9.42. The lowest BCUT2D eigenvalue weighted by molar-refractivity contribution is -0.135. The third-order valence-corrected chi connectivity index (χ3v) is 5.11. The molecule has 0 bridgehead atoms. The van der Waals surface area contributed by atoms with Crippen molar-refractivity contribution in [1.82, 2.24) is 10.2 Å². The number of aryl methyl sites for hydroxylation is 1. The van der Waals surface area contributed by atoms with Crippen LogP contribution in [-0.4, -0.2) is 43.3 Å². The van der Waals surface area contributed by atoms with Gasteiger partial charge in [0.25, 0.3) is 5.91 Å². The number of amides is 3. The van der Waals surface area contributed by atoms with Crippen LogP contribution >= 0.6 is 0 Å². The summed E-state index contributed by atoms with van der Waals surface area (Å²) in [7, 11) is 3.24. The van der Waals surface area contributed by atoms with Crippen molar-refractivity contribution in [2.45, 2.75) is 19.9 Å². The number of halogens is 1. The first-order chi connectivity index (χ1) is 13.8. The summed E-state index contributed by atoms with van der Waals surface area (Å²) >= 11 is 0. The van der Waals surface area contributed by atoms with Crippen molar-refractivity contribution in [2.75, 3.05) is 25.5 Å². The molecule has 0 spiro atoms. The number of hydrogen-bond acceptors (Lipinski definition) is 3. The highest BCUT2D eigenvalue weighted by Crippen LogP contribution is 2.29. The van der Waals surface area contributed by atoms with Crippen LogP contribution in [0.2, 0.25) is 0 Å². The van der Waals surface area contributed by atoms with Crippen LogP contribution in [0.4, 0.5) is 10.1 Å². The van der Waals surface area contributed by atoms with E-state index in [1.165, 1.54) is 11.0 Å². The van der Waals surface area contributed by atoms with Gasteiger partial charge in [-0.25, -0.2) is 4.39 Å².